The molecule has 0 radical (unpaired) electrons. The van der Waals surface area contributed by atoms with Crippen molar-refractivity contribution >= 4 is 5.97 Å². The standard InChI is InChI=1S/C47H74O18/c1-21-38(51)30(49)16-35(58-21)65-43-23(3)60-36(18-32(43)62-37-17-31(39(52)22(2)59-37)63-44-42(55)41(54)40(53)33(19-48)64-44)61-26-8-11-45(4)25(15-26)6-7-29-28(45)9-12-46(5)27(10-13-47(29,46)56)24-14-34(50)57-20-24/h14,21-23,25-33,35-44,48-49,51-56H,6-13,15-20H2,1-5H3/t21-,22-,23-,25-,26+,27+,28-,29-,30+,31+,32+,33-,35-,36-,37-,38-,39-,40-,41+,42-,43-,44-,45-,46-,47-/m1/s1. The summed E-state index contributed by atoms with van der Waals surface area (Å²) in [5.41, 5.74) is -0.0165. The SMILES string of the molecule is C[C@H]1O[C@H](O[C@H]2C[C@@H](O[C@H]3CC[C@]4(C)[C@H](CC[C@@H]5[C@H]4CC[C@]4(C)[C@H](C6=CC(=O)OC6)CC[C@@]54O)C3)O[C@H](C)[C@H]2O[C@@H]2C[C@H](O)[C@H](O)[C@@H](C)O2)C[C@H](O[C@@H]2O[C@H](CO)[C@@H](O)[C@H](O)[C@H]2O)[C@@H]1O. The van der Waals surface area contributed by atoms with Crippen LogP contribution in [-0.4, -0.2) is 176 Å². The van der Waals surface area contributed by atoms with Crippen molar-refractivity contribution in [1.82, 2.24) is 0 Å². The lowest BCUT2D eigenvalue weighted by Gasteiger charge is -2.64. The number of carbonyl (C=O) groups is 1. The molecule has 9 aliphatic rings. The van der Waals surface area contributed by atoms with Crippen LogP contribution in [0.4, 0.5) is 0 Å². The van der Waals surface area contributed by atoms with Crippen LogP contribution in [0.25, 0.3) is 0 Å². The van der Waals surface area contributed by atoms with E-state index in [2.05, 4.69) is 13.8 Å². The third kappa shape index (κ3) is 8.79. The van der Waals surface area contributed by atoms with Gasteiger partial charge in [0.25, 0.3) is 0 Å². The molecule has 5 aliphatic heterocycles. The minimum Gasteiger partial charge on any atom is -0.458 e. The average molecular weight is 927 g/mol. The number of aliphatic hydroxyl groups excluding tert-OH is 7. The van der Waals surface area contributed by atoms with Crippen LogP contribution in [0.3, 0.4) is 0 Å². The van der Waals surface area contributed by atoms with E-state index in [0.29, 0.717) is 18.4 Å². The summed E-state index contributed by atoms with van der Waals surface area (Å²) in [6, 6.07) is 0. The zero-order chi connectivity index (χ0) is 46.3. The van der Waals surface area contributed by atoms with E-state index in [1.54, 1.807) is 19.9 Å². The largest absolute Gasteiger partial charge is 0.458 e. The highest BCUT2D eigenvalue weighted by Crippen LogP contribution is 2.70. The van der Waals surface area contributed by atoms with Gasteiger partial charge >= 0.3 is 5.97 Å². The van der Waals surface area contributed by atoms with Gasteiger partial charge in [-0.2, -0.15) is 0 Å². The summed E-state index contributed by atoms with van der Waals surface area (Å²) in [5.74, 6) is 0.839. The predicted octanol–water partition coefficient (Wildman–Crippen LogP) is 1.07. The van der Waals surface area contributed by atoms with E-state index in [9.17, 15) is 45.6 Å². The first-order chi connectivity index (χ1) is 30.8. The van der Waals surface area contributed by atoms with Crippen LogP contribution >= 0.6 is 0 Å². The minimum atomic E-state index is -1.67. The van der Waals surface area contributed by atoms with Crippen LogP contribution in [0.2, 0.25) is 0 Å². The molecule has 8 fully saturated rings. The first-order valence-electron chi connectivity index (χ1n) is 24.4. The van der Waals surface area contributed by atoms with E-state index in [1.165, 1.54) is 0 Å². The smallest absolute Gasteiger partial charge is 0.331 e. The maximum Gasteiger partial charge on any atom is 0.331 e. The quantitative estimate of drug-likeness (QED) is 0.113. The molecule has 370 valence electrons. The molecule has 0 aromatic carbocycles. The maximum atomic E-state index is 12.7. The highest BCUT2D eigenvalue weighted by atomic mass is 16.8. The number of fused-ring (bicyclic) bond motifs is 5. The molecule has 4 aliphatic carbocycles. The first kappa shape index (κ1) is 48.6. The molecule has 0 unspecified atom stereocenters. The third-order valence-electron chi connectivity index (χ3n) is 18.0. The summed E-state index contributed by atoms with van der Waals surface area (Å²) in [6.45, 7) is 9.54. The Labute approximate surface area is 380 Å². The second-order valence-electron chi connectivity index (χ2n) is 21.5. The van der Waals surface area contributed by atoms with Gasteiger partial charge in [-0.25, -0.2) is 4.79 Å². The van der Waals surface area contributed by atoms with E-state index >= 15 is 0 Å². The van der Waals surface area contributed by atoms with E-state index in [1.807, 2.05) is 6.92 Å². The van der Waals surface area contributed by atoms with Crippen molar-refractivity contribution in [1.29, 1.82) is 0 Å². The van der Waals surface area contributed by atoms with Gasteiger partial charge in [-0.15, -0.1) is 0 Å². The van der Waals surface area contributed by atoms with Gasteiger partial charge in [-0.3, -0.25) is 0 Å². The fourth-order valence-electron chi connectivity index (χ4n) is 14.2. The van der Waals surface area contributed by atoms with Crippen molar-refractivity contribution in [2.45, 2.75) is 228 Å². The van der Waals surface area contributed by atoms with E-state index in [0.717, 1.165) is 63.4 Å². The number of hydrogen-bond donors (Lipinski definition) is 8. The number of hydrogen-bond acceptors (Lipinski definition) is 18. The third-order valence-corrected chi connectivity index (χ3v) is 18.0. The van der Waals surface area contributed by atoms with Crippen molar-refractivity contribution in [3.63, 3.8) is 0 Å². The molecule has 9 rings (SSSR count). The van der Waals surface area contributed by atoms with Gasteiger partial charge in [0, 0.05) is 30.8 Å². The number of carbonyl (C=O) groups excluding carboxylic acids is 1. The average Bonchev–Trinajstić information content (AvgIpc) is 3.81. The Bertz CT molecular complexity index is 1710. The molecule has 25 atom stereocenters. The van der Waals surface area contributed by atoms with Gasteiger partial charge in [0.15, 0.2) is 25.2 Å². The minimum absolute atomic E-state index is 0.0227. The lowest BCUT2D eigenvalue weighted by molar-refractivity contribution is -0.357. The number of ether oxygens (including phenoxy) is 9. The van der Waals surface area contributed by atoms with Crippen molar-refractivity contribution in [3.05, 3.63) is 11.6 Å². The van der Waals surface area contributed by atoms with Crippen molar-refractivity contribution in [2.75, 3.05) is 13.2 Å². The van der Waals surface area contributed by atoms with Crippen LogP contribution in [0.5, 0.6) is 0 Å². The molecule has 4 saturated heterocycles. The van der Waals surface area contributed by atoms with Gasteiger partial charge < -0.3 is 83.5 Å². The lowest BCUT2D eigenvalue weighted by atomic mass is 9.43. The van der Waals surface area contributed by atoms with Gasteiger partial charge in [-0.1, -0.05) is 13.8 Å². The maximum absolute atomic E-state index is 12.7. The summed E-state index contributed by atoms with van der Waals surface area (Å²) in [6.07, 6.45) is -8.07. The molecule has 8 N–H and O–H groups in total. The topological polar surface area (TPSA) is 262 Å². The normalized spacial score (nSPS) is 54.8. The highest BCUT2D eigenvalue weighted by molar-refractivity contribution is 5.85. The van der Waals surface area contributed by atoms with E-state index < -0.39 is 117 Å². The first-order valence-corrected chi connectivity index (χ1v) is 24.4. The van der Waals surface area contributed by atoms with Crippen LogP contribution in [-0.2, 0) is 47.4 Å². The molecular formula is C47H74O18. The zero-order valence-electron chi connectivity index (χ0n) is 38.3. The predicted molar refractivity (Wildman–Crippen MR) is 224 cm³/mol. The molecular weight excluding hydrogens is 852 g/mol. The molecule has 0 bridgehead atoms. The van der Waals surface area contributed by atoms with Gasteiger partial charge in [0.2, 0.25) is 0 Å². The Hall–Kier alpha value is -1.43. The van der Waals surface area contributed by atoms with Gasteiger partial charge in [-0.05, 0) is 113 Å². The summed E-state index contributed by atoms with van der Waals surface area (Å²) in [7, 11) is 0. The number of cyclic esters (lactones) is 1. The van der Waals surface area contributed by atoms with E-state index in [-0.39, 0.29) is 54.0 Å². The molecule has 4 saturated carbocycles. The summed E-state index contributed by atoms with van der Waals surface area (Å²) in [5, 5.41) is 85.9. The molecule has 0 amide bonds. The fourth-order valence-corrected chi connectivity index (χ4v) is 14.2. The molecule has 0 aromatic rings. The molecule has 5 heterocycles. The highest BCUT2D eigenvalue weighted by Gasteiger charge is 2.68. The van der Waals surface area contributed by atoms with Crippen LogP contribution in [0.1, 0.15) is 112 Å². The van der Waals surface area contributed by atoms with Crippen molar-refractivity contribution in [2.24, 2.45) is 34.5 Å². The lowest BCUT2D eigenvalue weighted by Crippen LogP contribution is -2.62. The Balaban J connectivity index is 0.872. The summed E-state index contributed by atoms with van der Waals surface area (Å²) >= 11 is 0. The second kappa shape index (κ2) is 18.7. The summed E-state index contributed by atoms with van der Waals surface area (Å²) in [4.78, 5) is 12.0. The number of esters is 1. The Morgan fingerprint density at radius 2 is 1.35 bits per heavy atom. The van der Waals surface area contributed by atoms with Crippen molar-refractivity contribution < 1.29 is 88.3 Å². The molecule has 65 heavy (non-hydrogen) atoms. The number of aliphatic hydroxyl groups is 8. The molecule has 18 nitrogen and oxygen atoms in total. The summed E-state index contributed by atoms with van der Waals surface area (Å²) < 4.78 is 55.7. The number of rotatable bonds is 10. The zero-order valence-corrected chi connectivity index (χ0v) is 38.3. The Morgan fingerprint density at radius 1 is 0.662 bits per heavy atom. The van der Waals surface area contributed by atoms with Crippen LogP contribution < -0.4 is 0 Å². The molecule has 18 heteroatoms. The van der Waals surface area contributed by atoms with Gasteiger partial charge in [0.05, 0.1) is 54.9 Å². The fraction of sp³-hybridized carbons (Fsp3) is 0.936. The monoisotopic (exact) mass is 926 g/mol. The molecule has 0 aromatic heterocycles. The Morgan fingerprint density at radius 3 is 2.06 bits per heavy atom. The second-order valence-corrected chi connectivity index (χ2v) is 21.5. The Kier molecular flexibility index (Phi) is 14.0. The van der Waals surface area contributed by atoms with Crippen LogP contribution in [0.15, 0.2) is 11.6 Å². The van der Waals surface area contributed by atoms with Crippen molar-refractivity contribution in [3.8, 4) is 0 Å². The van der Waals surface area contributed by atoms with Gasteiger partial charge in [0.1, 0.15) is 49.3 Å². The molecule has 0 spiro atoms. The van der Waals surface area contributed by atoms with E-state index in [4.69, 9.17) is 42.6 Å². The van der Waals surface area contributed by atoms with Crippen LogP contribution in [0, 0.1) is 34.5 Å².